The summed E-state index contributed by atoms with van der Waals surface area (Å²) in [5.41, 5.74) is 4.03. The molecule has 1 aromatic heterocycles. The third-order valence-corrected chi connectivity index (χ3v) is 2.65. The van der Waals surface area contributed by atoms with Crippen molar-refractivity contribution in [2.24, 2.45) is 0 Å². The number of aryl methyl sites for hydroxylation is 1. The van der Waals surface area contributed by atoms with E-state index in [9.17, 15) is 0 Å². The van der Waals surface area contributed by atoms with Gasteiger partial charge in [0.1, 0.15) is 0 Å². The van der Waals surface area contributed by atoms with E-state index < -0.39 is 0 Å². The van der Waals surface area contributed by atoms with Gasteiger partial charge in [-0.05, 0) is 26.0 Å². The molecule has 1 aromatic carbocycles. The third-order valence-electron chi connectivity index (χ3n) is 2.65. The van der Waals surface area contributed by atoms with E-state index in [0.29, 0.717) is 0 Å². The van der Waals surface area contributed by atoms with Gasteiger partial charge in [0.2, 0.25) is 0 Å². The van der Waals surface area contributed by atoms with Gasteiger partial charge in [-0.25, -0.2) is 0 Å². The summed E-state index contributed by atoms with van der Waals surface area (Å²) in [6.07, 6.45) is 4.07. The molecule has 0 saturated heterocycles. The van der Waals surface area contributed by atoms with Crippen molar-refractivity contribution in [2.75, 3.05) is 19.0 Å². The SMILES string of the molecule is C/C=C/c1c(N(C)C)ccc2c(C)noc12. The predicted octanol–water partition coefficient (Wildman–Crippen LogP) is 3.24. The summed E-state index contributed by atoms with van der Waals surface area (Å²) in [5.74, 6) is 0. The van der Waals surface area contributed by atoms with Crippen molar-refractivity contribution in [3.8, 4) is 0 Å². The Kier molecular flexibility index (Phi) is 2.69. The van der Waals surface area contributed by atoms with Crippen LogP contribution in [0.1, 0.15) is 18.2 Å². The van der Waals surface area contributed by atoms with Crippen molar-refractivity contribution in [1.29, 1.82) is 0 Å². The number of aromatic nitrogens is 1. The first-order valence-corrected chi connectivity index (χ1v) is 5.34. The minimum absolute atomic E-state index is 0.863. The van der Waals surface area contributed by atoms with E-state index in [0.717, 1.165) is 27.9 Å². The number of hydrogen-bond donors (Lipinski definition) is 0. The lowest BCUT2D eigenvalue weighted by Gasteiger charge is -2.15. The Hall–Kier alpha value is -1.77. The Balaban J connectivity index is 2.79. The van der Waals surface area contributed by atoms with Crippen molar-refractivity contribution in [3.63, 3.8) is 0 Å². The summed E-state index contributed by atoms with van der Waals surface area (Å²) in [6.45, 7) is 3.96. The smallest absolute Gasteiger partial charge is 0.176 e. The Morgan fingerprint density at radius 3 is 2.69 bits per heavy atom. The minimum atomic E-state index is 0.863. The lowest BCUT2D eigenvalue weighted by molar-refractivity contribution is 0.450. The van der Waals surface area contributed by atoms with Gasteiger partial charge in [0, 0.05) is 30.7 Å². The van der Waals surface area contributed by atoms with Crippen LogP contribution in [0.25, 0.3) is 17.0 Å². The third kappa shape index (κ3) is 1.58. The predicted molar refractivity (Wildman–Crippen MR) is 67.8 cm³/mol. The second-order valence-corrected chi connectivity index (χ2v) is 4.04. The molecule has 84 valence electrons. The molecule has 0 atom stereocenters. The van der Waals surface area contributed by atoms with E-state index >= 15 is 0 Å². The van der Waals surface area contributed by atoms with E-state index in [1.54, 1.807) is 0 Å². The normalized spacial score (nSPS) is 11.5. The summed E-state index contributed by atoms with van der Waals surface area (Å²) >= 11 is 0. The first kappa shape index (κ1) is 10.7. The van der Waals surface area contributed by atoms with Crippen LogP contribution >= 0.6 is 0 Å². The quantitative estimate of drug-likeness (QED) is 0.771. The molecule has 0 spiro atoms. The maximum Gasteiger partial charge on any atom is 0.176 e. The lowest BCUT2D eigenvalue weighted by Crippen LogP contribution is -2.10. The van der Waals surface area contributed by atoms with Crippen LogP contribution in [-0.4, -0.2) is 19.3 Å². The zero-order valence-electron chi connectivity index (χ0n) is 10.1. The van der Waals surface area contributed by atoms with Crippen LogP contribution in [-0.2, 0) is 0 Å². The number of anilines is 1. The van der Waals surface area contributed by atoms with E-state index in [1.807, 2.05) is 34.0 Å². The first-order valence-electron chi connectivity index (χ1n) is 5.34. The molecule has 0 radical (unpaired) electrons. The van der Waals surface area contributed by atoms with Crippen LogP contribution in [0.2, 0.25) is 0 Å². The Bertz CT molecular complexity index is 538. The standard InChI is InChI=1S/C13H16N2O/c1-5-6-11-12(15(3)4)8-7-10-9(2)14-16-13(10)11/h5-8H,1-4H3/b6-5+. The molecule has 0 bridgehead atoms. The van der Waals surface area contributed by atoms with Crippen molar-refractivity contribution in [2.45, 2.75) is 13.8 Å². The Morgan fingerprint density at radius 1 is 1.31 bits per heavy atom. The van der Waals surface area contributed by atoms with E-state index in [4.69, 9.17) is 4.52 Å². The maximum atomic E-state index is 5.40. The van der Waals surface area contributed by atoms with Crippen molar-refractivity contribution in [1.82, 2.24) is 5.16 Å². The average Bonchev–Trinajstić information content (AvgIpc) is 2.61. The highest BCUT2D eigenvalue weighted by molar-refractivity contribution is 5.93. The molecule has 16 heavy (non-hydrogen) atoms. The molecular weight excluding hydrogens is 200 g/mol. The van der Waals surface area contributed by atoms with Crippen LogP contribution in [0, 0.1) is 6.92 Å². The molecule has 0 aliphatic rings. The fraction of sp³-hybridized carbons (Fsp3) is 0.308. The monoisotopic (exact) mass is 216 g/mol. The molecule has 0 saturated carbocycles. The summed E-state index contributed by atoms with van der Waals surface area (Å²) < 4.78 is 5.40. The molecule has 1 heterocycles. The molecule has 3 heteroatoms. The Morgan fingerprint density at radius 2 is 2.06 bits per heavy atom. The van der Waals surface area contributed by atoms with E-state index in [1.165, 1.54) is 0 Å². The molecule has 3 nitrogen and oxygen atoms in total. The molecule has 0 aliphatic carbocycles. The molecule has 0 amide bonds. The Labute approximate surface area is 95.3 Å². The molecule has 0 fully saturated rings. The zero-order chi connectivity index (χ0) is 11.7. The van der Waals surface area contributed by atoms with Crippen LogP contribution < -0.4 is 4.90 Å². The number of hydrogen-bond acceptors (Lipinski definition) is 3. The summed E-state index contributed by atoms with van der Waals surface area (Å²) in [4.78, 5) is 2.08. The molecule has 0 N–H and O–H groups in total. The van der Waals surface area contributed by atoms with Gasteiger partial charge >= 0.3 is 0 Å². The van der Waals surface area contributed by atoms with Crippen LogP contribution in [0.15, 0.2) is 22.7 Å². The highest BCUT2D eigenvalue weighted by atomic mass is 16.5. The van der Waals surface area contributed by atoms with Gasteiger partial charge in [-0.15, -0.1) is 0 Å². The fourth-order valence-corrected chi connectivity index (χ4v) is 1.85. The van der Waals surface area contributed by atoms with Gasteiger partial charge in [-0.2, -0.15) is 0 Å². The highest BCUT2D eigenvalue weighted by Gasteiger charge is 2.12. The highest BCUT2D eigenvalue weighted by Crippen LogP contribution is 2.30. The largest absolute Gasteiger partial charge is 0.377 e. The van der Waals surface area contributed by atoms with Crippen LogP contribution in [0.4, 0.5) is 5.69 Å². The number of nitrogens with zero attached hydrogens (tertiary/aromatic N) is 2. The second kappa shape index (κ2) is 4.00. The molecule has 0 unspecified atom stereocenters. The molecule has 2 aromatic rings. The number of benzene rings is 1. The number of fused-ring (bicyclic) bond motifs is 1. The lowest BCUT2D eigenvalue weighted by atomic mass is 10.1. The van der Waals surface area contributed by atoms with E-state index in [2.05, 4.69) is 28.3 Å². The van der Waals surface area contributed by atoms with E-state index in [-0.39, 0.29) is 0 Å². The number of allylic oxidation sites excluding steroid dienone is 1. The van der Waals surface area contributed by atoms with Crippen molar-refractivity contribution in [3.05, 3.63) is 29.5 Å². The van der Waals surface area contributed by atoms with Gasteiger partial charge in [-0.3, -0.25) is 0 Å². The van der Waals surface area contributed by atoms with Gasteiger partial charge < -0.3 is 9.42 Å². The van der Waals surface area contributed by atoms with Crippen molar-refractivity contribution < 1.29 is 4.52 Å². The van der Waals surface area contributed by atoms with Crippen molar-refractivity contribution >= 4 is 22.7 Å². The van der Waals surface area contributed by atoms with Crippen LogP contribution in [0.3, 0.4) is 0 Å². The summed E-state index contributed by atoms with van der Waals surface area (Å²) in [7, 11) is 4.05. The zero-order valence-corrected chi connectivity index (χ0v) is 10.1. The minimum Gasteiger partial charge on any atom is -0.377 e. The van der Waals surface area contributed by atoms with Gasteiger partial charge in [0.05, 0.1) is 5.69 Å². The summed E-state index contributed by atoms with van der Waals surface area (Å²) in [5, 5.41) is 5.09. The first-order chi connectivity index (χ1) is 7.65. The van der Waals surface area contributed by atoms with Gasteiger partial charge in [0.15, 0.2) is 5.58 Å². The molecular formula is C13H16N2O. The fourth-order valence-electron chi connectivity index (χ4n) is 1.85. The van der Waals surface area contributed by atoms with Crippen LogP contribution in [0.5, 0.6) is 0 Å². The average molecular weight is 216 g/mol. The van der Waals surface area contributed by atoms with Gasteiger partial charge in [0.25, 0.3) is 0 Å². The summed E-state index contributed by atoms with van der Waals surface area (Å²) in [6, 6.07) is 4.16. The molecule has 2 rings (SSSR count). The maximum absolute atomic E-state index is 5.40. The van der Waals surface area contributed by atoms with Gasteiger partial charge in [-0.1, -0.05) is 17.3 Å². The topological polar surface area (TPSA) is 29.3 Å². The second-order valence-electron chi connectivity index (χ2n) is 4.04. The molecule has 0 aliphatic heterocycles. The number of rotatable bonds is 2.